The van der Waals surface area contributed by atoms with Gasteiger partial charge in [-0.05, 0) is 87.5 Å². The summed E-state index contributed by atoms with van der Waals surface area (Å²) >= 11 is 0. The van der Waals surface area contributed by atoms with Gasteiger partial charge in [-0.1, -0.05) is 13.0 Å². The number of hydrogen-bond donors (Lipinski definition) is 1. The third kappa shape index (κ3) is 7.47. The summed E-state index contributed by atoms with van der Waals surface area (Å²) in [6, 6.07) is 3.76. The lowest BCUT2D eigenvalue weighted by Gasteiger charge is -2.20. The Hall–Kier alpha value is -2.15. The molecule has 0 bridgehead atoms. The van der Waals surface area contributed by atoms with Gasteiger partial charge in [0, 0.05) is 24.2 Å². The zero-order valence-electron chi connectivity index (χ0n) is 18.9. The van der Waals surface area contributed by atoms with Crippen molar-refractivity contribution >= 4 is 11.8 Å². The van der Waals surface area contributed by atoms with E-state index >= 15 is 0 Å². The molecule has 1 heterocycles. The highest BCUT2D eigenvalue weighted by Crippen LogP contribution is 2.31. The Bertz CT molecular complexity index is 827. The van der Waals surface area contributed by atoms with Gasteiger partial charge in [-0.3, -0.25) is 4.79 Å². The Balaban J connectivity index is 2.07. The predicted molar refractivity (Wildman–Crippen MR) is 116 cm³/mol. The number of ether oxygens (including phenoxy) is 1. The fraction of sp³-hybridized carbons (Fsp3) is 0.600. The molecule has 0 radical (unpaired) electrons. The smallest absolute Gasteiger partial charge is 0.416 e. The van der Waals surface area contributed by atoms with Crippen LogP contribution in [0.5, 0.6) is 0 Å². The van der Waals surface area contributed by atoms with Crippen molar-refractivity contribution in [3.05, 3.63) is 46.0 Å². The van der Waals surface area contributed by atoms with Crippen LogP contribution in [-0.2, 0) is 33.3 Å². The van der Waals surface area contributed by atoms with Crippen LogP contribution in [0, 0.1) is 5.92 Å². The number of benzene rings is 1. The standard InChI is InChI=1S/C25H33F3O4/c1-3-19-16-21(25(26,27)28)11-10-20(19)7-4-8-23(30)22-12-9-18(13-14-29)6-5-15-32-24(31)17(22)2/h10-11,16,18,29H,3-9,12-15H2,1-2H3. The first-order valence-corrected chi connectivity index (χ1v) is 11.4. The van der Waals surface area contributed by atoms with Crippen LogP contribution in [0.15, 0.2) is 29.3 Å². The summed E-state index contributed by atoms with van der Waals surface area (Å²) in [5, 5.41) is 9.28. The van der Waals surface area contributed by atoms with E-state index in [-0.39, 0.29) is 24.7 Å². The molecule has 32 heavy (non-hydrogen) atoms. The number of esters is 1. The molecule has 1 N–H and O–H groups in total. The van der Waals surface area contributed by atoms with E-state index in [0.717, 1.165) is 30.9 Å². The van der Waals surface area contributed by atoms with Gasteiger partial charge < -0.3 is 9.84 Å². The quantitative estimate of drug-likeness (QED) is 0.520. The van der Waals surface area contributed by atoms with Gasteiger partial charge in [0.25, 0.3) is 0 Å². The molecule has 1 aromatic rings. The van der Waals surface area contributed by atoms with E-state index in [9.17, 15) is 27.9 Å². The summed E-state index contributed by atoms with van der Waals surface area (Å²) in [5.41, 5.74) is 1.60. The van der Waals surface area contributed by atoms with Crippen molar-refractivity contribution in [1.82, 2.24) is 0 Å². The first-order chi connectivity index (χ1) is 15.2. The summed E-state index contributed by atoms with van der Waals surface area (Å²) in [4.78, 5) is 25.2. The maximum Gasteiger partial charge on any atom is 0.416 e. The number of hydrogen-bond acceptors (Lipinski definition) is 4. The number of ketones is 1. The van der Waals surface area contributed by atoms with Crippen molar-refractivity contribution in [2.45, 2.75) is 77.8 Å². The SMILES string of the molecule is CCc1cc(C(F)(F)F)ccc1CCCC(=O)C1=C(C)C(=O)OCCCC(CCO)CC1. The van der Waals surface area contributed by atoms with Crippen LogP contribution in [0.4, 0.5) is 13.2 Å². The molecule has 4 nitrogen and oxygen atoms in total. The molecule has 1 aliphatic heterocycles. The van der Waals surface area contributed by atoms with Crippen molar-refractivity contribution in [3.8, 4) is 0 Å². The Morgan fingerprint density at radius 1 is 1.22 bits per heavy atom. The summed E-state index contributed by atoms with van der Waals surface area (Å²) in [6.45, 7) is 3.81. The molecule has 0 spiro atoms. The third-order valence-corrected chi connectivity index (χ3v) is 6.19. The highest BCUT2D eigenvalue weighted by molar-refractivity contribution is 6.03. The van der Waals surface area contributed by atoms with E-state index in [0.29, 0.717) is 55.4 Å². The first-order valence-electron chi connectivity index (χ1n) is 11.4. The van der Waals surface area contributed by atoms with E-state index in [1.54, 1.807) is 6.92 Å². The molecule has 2 rings (SSSR count). The van der Waals surface area contributed by atoms with E-state index in [1.807, 2.05) is 6.92 Å². The highest BCUT2D eigenvalue weighted by atomic mass is 19.4. The number of carbonyl (C=O) groups excluding carboxylic acids is 2. The minimum atomic E-state index is -4.37. The lowest BCUT2D eigenvalue weighted by atomic mass is 9.88. The number of cyclic esters (lactones) is 1. The molecule has 0 saturated heterocycles. The maximum absolute atomic E-state index is 13.0. The highest BCUT2D eigenvalue weighted by Gasteiger charge is 2.30. The van der Waals surface area contributed by atoms with E-state index in [4.69, 9.17) is 4.74 Å². The number of alkyl halides is 3. The Morgan fingerprint density at radius 3 is 2.62 bits per heavy atom. The largest absolute Gasteiger partial charge is 0.462 e. The molecular weight excluding hydrogens is 421 g/mol. The van der Waals surface area contributed by atoms with Crippen molar-refractivity contribution < 1.29 is 32.6 Å². The second-order valence-corrected chi connectivity index (χ2v) is 8.41. The van der Waals surface area contributed by atoms with Crippen molar-refractivity contribution in [2.75, 3.05) is 13.2 Å². The molecule has 178 valence electrons. The molecule has 1 aromatic carbocycles. The lowest BCUT2D eigenvalue weighted by molar-refractivity contribution is -0.139. The fourth-order valence-corrected chi connectivity index (χ4v) is 4.23. The number of carbonyl (C=O) groups is 2. The summed E-state index contributed by atoms with van der Waals surface area (Å²) in [7, 11) is 0. The van der Waals surface area contributed by atoms with Crippen LogP contribution in [-0.4, -0.2) is 30.1 Å². The molecule has 0 aromatic heterocycles. The number of Topliss-reactive ketones (excluding diaryl/α,β-unsaturated/α-hetero) is 1. The topological polar surface area (TPSA) is 63.6 Å². The fourth-order valence-electron chi connectivity index (χ4n) is 4.23. The molecule has 7 heteroatoms. The number of aliphatic hydroxyl groups is 1. The number of aliphatic hydroxyl groups excluding tert-OH is 1. The zero-order chi connectivity index (χ0) is 23.7. The molecular formula is C25H33F3O4. The van der Waals surface area contributed by atoms with Gasteiger partial charge in [-0.25, -0.2) is 4.79 Å². The third-order valence-electron chi connectivity index (χ3n) is 6.19. The van der Waals surface area contributed by atoms with Gasteiger partial charge in [-0.15, -0.1) is 0 Å². The van der Waals surface area contributed by atoms with Gasteiger partial charge in [-0.2, -0.15) is 13.2 Å². The Labute approximate surface area is 187 Å². The molecule has 0 fully saturated rings. The van der Waals surface area contributed by atoms with Gasteiger partial charge in [0.15, 0.2) is 5.78 Å². The Morgan fingerprint density at radius 2 is 1.97 bits per heavy atom. The maximum atomic E-state index is 13.0. The minimum absolute atomic E-state index is 0.0866. The van der Waals surface area contributed by atoms with E-state index < -0.39 is 17.7 Å². The average molecular weight is 455 g/mol. The molecule has 1 atom stereocenters. The number of halogens is 3. The lowest BCUT2D eigenvalue weighted by Crippen LogP contribution is -2.17. The molecule has 0 amide bonds. The number of aryl methyl sites for hydroxylation is 2. The zero-order valence-corrected chi connectivity index (χ0v) is 18.9. The molecule has 0 saturated carbocycles. The predicted octanol–water partition coefficient (Wildman–Crippen LogP) is 5.59. The van der Waals surface area contributed by atoms with Crippen molar-refractivity contribution in [1.29, 1.82) is 0 Å². The molecule has 1 unspecified atom stereocenters. The number of rotatable bonds is 8. The number of allylic oxidation sites excluding steroid dienone is 1. The van der Waals surface area contributed by atoms with Crippen molar-refractivity contribution in [3.63, 3.8) is 0 Å². The first kappa shape index (κ1) is 26.1. The van der Waals surface area contributed by atoms with Crippen molar-refractivity contribution in [2.24, 2.45) is 5.92 Å². The van der Waals surface area contributed by atoms with E-state index in [2.05, 4.69) is 0 Å². The van der Waals surface area contributed by atoms with Crippen LogP contribution in [0.2, 0.25) is 0 Å². The summed E-state index contributed by atoms with van der Waals surface area (Å²) in [6.07, 6.45) is 0.727. The average Bonchev–Trinajstić information content (AvgIpc) is 2.75. The molecule has 0 aliphatic carbocycles. The normalized spacial score (nSPS) is 18.4. The van der Waals surface area contributed by atoms with Crippen LogP contribution in [0.3, 0.4) is 0 Å². The summed E-state index contributed by atoms with van der Waals surface area (Å²) in [5.74, 6) is -0.315. The van der Waals surface area contributed by atoms with Gasteiger partial charge in [0.2, 0.25) is 0 Å². The van der Waals surface area contributed by atoms with Crippen LogP contribution in [0.1, 0.15) is 75.5 Å². The summed E-state index contributed by atoms with van der Waals surface area (Å²) < 4.78 is 44.2. The second-order valence-electron chi connectivity index (χ2n) is 8.41. The Kier molecular flexibility index (Phi) is 9.94. The van der Waals surface area contributed by atoms with Crippen LogP contribution in [0.25, 0.3) is 0 Å². The van der Waals surface area contributed by atoms with Gasteiger partial charge in [0.05, 0.1) is 12.2 Å². The minimum Gasteiger partial charge on any atom is -0.462 e. The van der Waals surface area contributed by atoms with Gasteiger partial charge in [0.1, 0.15) is 0 Å². The van der Waals surface area contributed by atoms with Gasteiger partial charge >= 0.3 is 12.1 Å². The monoisotopic (exact) mass is 454 g/mol. The van der Waals surface area contributed by atoms with Crippen LogP contribution >= 0.6 is 0 Å². The van der Waals surface area contributed by atoms with Crippen LogP contribution < -0.4 is 0 Å². The van der Waals surface area contributed by atoms with E-state index in [1.165, 1.54) is 12.1 Å². The molecule has 1 aliphatic rings. The second kappa shape index (κ2) is 12.2.